The maximum Gasteiger partial charge on any atom is 0.173 e. The van der Waals surface area contributed by atoms with E-state index in [1.165, 1.54) is 21.8 Å². The van der Waals surface area contributed by atoms with Crippen LogP contribution in [0.15, 0.2) is 91.0 Å². The molecule has 3 aromatic rings. The monoisotopic (exact) mass is 510 g/mol. The lowest BCUT2D eigenvalue weighted by Gasteiger charge is -2.29. The quantitative estimate of drug-likeness (QED) is 0.380. The minimum Gasteiger partial charge on any atom is -1.00 e. The molecule has 4 heteroatoms. The van der Waals surface area contributed by atoms with Crippen LogP contribution in [0.5, 0.6) is 0 Å². The van der Waals surface area contributed by atoms with Crippen LogP contribution in [0, 0.1) is 0 Å². The van der Waals surface area contributed by atoms with Crippen LogP contribution in [0.3, 0.4) is 0 Å². The first-order chi connectivity index (χ1) is 11.5. The van der Waals surface area contributed by atoms with E-state index in [1.807, 2.05) is 0 Å². The van der Waals surface area contributed by atoms with Crippen LogP contribution >= 0.6 is 14.5 Å². The van der Waals surface area contributed by atoms with Crippen molar-refractivity contribution in [2.75, 3.05) is 25.9 Å². The molecule has 0 nitrogen and oxygen atoms in total. The fourth-order valence-corrected chi connectivity index (χ4v) is 13.4. The summed E-state index contributed by atoms with van der Waals surface area (Å²) in [5.41, 5.74) is 0. The Morgan fingerprint density at radius 3 is 1.00 bits per heavy atom. The van der Waals surface area contributed by atoms with Crippen molar-refractivity contribution >= 4 is 30.4 Å². The third-order valence-corrected chi connectivity index (χ3v) is 12.9. The highest BCUT2D eigenvalue weighted by Crippen LogP contribution is 2.67. The van der Waals surface area contributed by atoms with Crippen LogP contribution in [0.2, 0.25) is 0 Å². The predicted molar refractivity (Wildman–Crippen MR) is 115 cm³/mol. The minimum atomic E-state index is -1.63. The summed E-state index contributed by atoms with van der Waals surface area (Å²) in [6, 6.07) is 33.5. The zero-order valence-electron chi connectivity index (χ0n) is 15.5. The lowest BCUT2D eigenvalue weighted by Crippen LogP contribution is -3.00. The number of benzene rings is 3. The summed E-state index contributed by atoms with van der Waals surface area (Å²) in [5.74, 6) is 1.28. The van der Waals surface area contributed by atoms with Gasteiger partial charge in [-0.2, -0.15) is 0 Å². The van der Waals surface area contributed by atoms with E-state index in [2.05, 4.69) is 111 Å². The first kappa shape index (κ1) is 23.5. The van der Waals surface area contributed by atoms with Crippen LogP contribution in [0.25, 0.3) is 0 Å². The molecule has 0 amide bonds. The average molecular weight is 512 g/mol. The zero-order chi connectivity index (χ0) is 17.0. The highest BCUT2D eigenvalue weighted by molar-refractivity contribution is 8.03. The molecule has 0 radical (unpaired) electrons. The van der Waals surface area contributed by atoms with E-state index in [4.69, 9.17) is 0 Å². The average Bonchev–Trinajstić information content (AvgIpc) is 2.61. The van der Waals surface area contributed by atoms with Gasteiger partial charge >= 0.3 is 0 Å². The van der Waals surface area contributed by atoms with Gasteiger partial charge in [-0.15, -0.1) is 0 Å². The number of halogens is 2. The largest absolute Gasteiger partial charge is 1.00 e. The van der Waals surface area contributed by atoms with Crippen LogP contribution in [0.1, 0.15) is 0 Å². The summed E-state index contributed by atoms with van der Waals surface area (Å²) < 4.78 is 0. The van der Waals surface area contributed by atoms with Crippen molar-refractivity contribution in [3.63, 3.8) is 0 Å². The van der Waals surface area contributed by atoms with E-state index in [0.717, 1.165) is 0 Å². The molecule has 0 bridgehead atoms. The van der Waals surface area contributed by atoms with Crippen molar-refractivity contribution < 1.29 is 34.0 Å². The third-order valence-electron chi connectivity index (χ3n) is 4.23. The van der Waals surface area contributed by atoms with Crippen molar-refractivity contribution in [2.45, 2.75) is 0 Å². The summed E-state index contributed by atoms with van der Waals surface area (Å²) in [4.78, 5) is 0. The van der Waals surface area contributed by atoms with Gasteiger partial charge in [0.05, 0.1) is 20.0 Å². The van der Waals surface area contributed by atoms with Gasteiger partial charge in [-0.25, -0.2) is 0 Å². The molecule has 0 aliphatic carbocycles. The molecule has 26 heavy (non-hydrogen) atoms. The Bertz CT molecular complexity index is 673. The molecule has 0 atom stereocenters. The maximum absolute atomic E-state index is 2.47. The van der Waals surface area contributed by atoms with E-state index in [-0.39, 0.29) is 34.0 Å². The second kappa shape index (κ2) is 10.1. The highest BCUT2D eigenvalue weighted by atomic mass is 79.9. The van der Waals surface area contributed by atoms with Gasteiger partial charge < -0.3 is 34.0 Å². The Balaban J connectivity index is 0.00000169. The van der Waals surface area contributed by atoms with Crippen molar-refractivity contribution in [3.8, 4) is 0 Å². The molecular weight excluding hydrogens is 486 g/mol. The molecule has 0 aromatic heterocycles. The molecule has 0 N–H and O–H groups in total. The maximum atomic E-state index is 2.47. The summed E-state index contributed by atoms with van der Waals surface area (Å²) in [6.07, 6.45) is 0. The van der Waals surface area contributed by atoms with E-state index < -0.39 is 14.5 Å². The molecular formula is C22H26Br2P2. The van der Waals surface area contributed by atoms with Crippen molar-refractivity contribution in [1.82, 2.24) is 0 Å². The Hall–Kier alpha value is -0.520. The fraction of sp³-hybridized carbons (Fsp3) is 0.182. The van der Waals surface area contributed by atoms with Gasteiger partial charge in [0, 0.05) is 7.26 Å². The van der Waals surface area contributed by atoms with Gasteiger partial charge in [0.1, 0.15) is 23.2 Å². The molecule has 3 rings (SSSR count). The lowest BCUT2D eigenvalue weighted by atomic mass is 10.4. The minimum absolute atomic E-state index is 0. The second-order valence-electron chi connectivity index (χ2n) is 7.25. The molecule has 138 valence electrons. The zero-order valence-corrected chi connectivity index (χ0v) is 20.5. The first-order valence-corrected chi connectivity index (χ1v) is 13.7. The van der Waals surface area contributed by atoms with Crippen molar-refractivity contribution in [1.29, 1.82) is 0 Å². The van der Waals surface area contributed by atoms with Gasteiger partial charge in [-0.05, 0) is 36.4 Å². The Morgan fingerprint density at radius 1 is 0.500 bits per heavy atom. The number of hydrogen-bond donors (Lipinski definition) is 0. The van der Waals surface area contributed by atoms with E-state index in [1.54, 1.807) is 0 Å². The van der Waals surface area contributed by atoms with E-state index in [0.29, 0.717) is 0 Å². The Labute approximate surface area is 180 Å². The second-order valence-corrected chi connectivity index (χ2v) is 16.1. The SMILES string of the molecule is C[P+](C)(C)C[P+](c1ccccc1)(c1ccccc1)c1ccccc1.[Br-].[Br-]. The van der Waals surface area contributed by atoms with Crippen LogP contribution in [0.4, 0.5) is 0 Å². The molecule has 0 saturated carbocycles. The van der Waals surface area contributed by atoms with Gasteiger partial charge in [-0.3, -0.25) is 0 Å². The summed E-state index contributed by atoms with van der Waals surface area (Å²) in [5, 5.41) is 4.49. The molecule has 3 aromatic carbocycles. The predicted octanol–water partition coefficient (Wildman–Crippen LogP) is -1.15. The molecule has 0 spiro atoms. The molecule has 0 aliphatic heterocycles. The fourth-order valence-electron chi connectivity index (χ4n) is 3.38. The summed E-state index contributed by atoms with van der Waals surface area (Å²) in [7, 11) is -2.61. The van der Waals surface area contributed by atoms with Crippen LogP contribution < -0.4 is 49.9 Å². The molecule has 0 saturated heterocycles. The van der Waals surface area contributed by atoms with Crippen molar-refractivity contribution in [3.05, 3.63) is 91.0 Å². The van der Waals surface area contributed by atoms with Crippen molar-refractivity contribution in [2.24, 2.45) is 0 Å². The molecule has 0 fully saturated rings. The van der Waals surface area contributed by atoms with Crippen LogP contribution in [-0.4, -0.2) is 25.9 Å². The standard InChI is InChI=1S/C22H26P2.2BrH/c1-23(2,3)19-24(20-13-7-4-8-14-20,21-15-9-5-10-16-21)22-17-11-6-12-18-22;;/h4-18H,19H2,1-3H3;2*1H/q+2;;/p-2. The van der Waals surface area contributed by atoms with Crippen LogP contribution in [-0.2, 0) is 0 Å². The smallest absolute Gasteiger partial charge is 0.173 e. The molecule has 0 heterocycles. The lowest BCUT2D eigenvalue weighted by molar-refractivity contribution is -0.00100. The number of rotatable bonds is 5. The number of hydrogen-bond acceptors (Lipinski definition) is 0. The van der Waals surface area contributed by atoms with Gasteiger partial charge in [0.2, 0.25) is 0 Å². The molecule has 0 unspecified atom stereocenters. The summed E-state index contributed by atoms with van der Waals surface area (Å²) in [6.45, 7) is 7.41. The van der Waals surface area contributed by atoms with Gasteiger partial charge in [0.15, 0.2) is 5.90 Å². The summed E-state index contributed by atoms with van der Waals surface area (Å²) >= 11 is 0. The topological polar surface area (TPSA) is 0 Å². The van der Waals surface area contributed by atoms with Gasteiger partial charge in [0.25, 0.3) is 0 Å². The van der Waals surface area contributed by atoms with Gasteiger partial charge in [-0.1, -0.05) is 54.6 Å². The normalized spacial score (nSPS) is 11.2. The third kappa shape index (κ3) is 5.26. The Kier molecular flexibility index (Phi) is 9.17. The Morgan fingerprint density at radius 2 is 0.769 bits per heavy atom. The highest BCUT2D eigenvalue weighted by Gasteiger charge is 2.51. The van der Waals surface area contributed by atoms with E-state index >= 15 is 0 Å². The first-order valence-electron chi connectivity index (χ1n) is 8.38. The molecule has 0 aliphatic rings. The van der Waals surface area contributed by atoms with E-state index in [9.17, 15) is 0 Å².